The molecular weight excluding hydrogens is 322 g/mol. The van der Waals surface area contributed by atoms with Gasteiger partial charge in [0.2, 0.25) is 0 Å². The largest absolute Gasteiger partial charge is 0.331 e. The fourth-order valence-electron chi connectivity index (χ4n) is 2.09. The van der Waals surface area contributed by atoms with Crippen LogP contribution >= 0.6 is 27.3 Å². The third kappa shape index (κ3) is 3.07. The van der Waals surface area contributed by atoms with Crippen molar-refractivity contribution in [2.75, 3.05) is 0 Å². The molecule has 0 radical (unpaired) electrons. The number of hydrogen-bond donors (Lipinski definition) is 0. The molecule has 3 rings (SSSR count). The summed E-state index contributed by atoms with van der Waals surface area (Å²) < 4.78 is 1.000. The molecule has 1 amide bonds. The smallest absolute Gasteiger partial charge is 0.254 e. The van der Waals surface area contributed by atoms with Crippen LogP contribution in [0.4, 0.5) is 0 Å². The van der Waals surface area contributed by atoms with Crippen molar-refractivity contribution in [3.63, 3.8) is 0 Å². The lowest BCUT2D eigenvalue weighted by Gasteiger charge is -2.22. The summed E-state index contributed by atoms with van der Waals surface area (Å²) in [5, 5.41) is 4.18. The van der Waals surface area contributed by atoms with Gasteiger partial charge < -0.3 is 4.90 Å². The molecule has 1 aromatic carbocycles. The van der Waals surface area contributed by atoms with Crippen LogP contribution in [0.2, 0.25) is 0 Å². The molecule has 1 saturated carbocycles. The van der Waals surface area contributed by atoms with Crippen molar-refractivity contribution in [1.29, 1.82) is 0 Å². The van der Waals surface area contributed by atoms with E-state index in [1.165, 1.54) is 5.56 Å². The lowest BCUT2D eigenvalue weighted by atomic mass is 10.2. The minimum Gasteiger partial charge on any atom is -0.331 e. The van der Waals surface area contributed by atoms with Crippen LogP contribution in [-0.4, -0.2) is 16.8 Å². The number of carbonyl (C=O) groups excluding carboxylic acids is 1. The zero-order valence-corrected chi connectivity index (χ0v) is 12.8. The number of rotatable bonds is 4. The highest BCUT2D eigenvalue weighted by Crippen LogP contribution is 2.30. The summed E-state index contributed by atoms with van der Waals surface area (Å²) in [6, 6.07) is 10.1. The topological polar surface area (TPSA) is 20.3 Å². The molecule has 1 fully saturated rings. The first kappa shape index (κ1) is 12.9. The predicted molar refractivity (Wildman–Crippen MR) is 81.4 cm³/mol. The molecule has 19 heavy (non-hydrogen) atoms. The second-order valence-corrected chi connectivity index (χ2v) is 6.50. The van der Waals surface area contributed by atoms with E-state index in [1.54, 1.807) is 11.3 Å². The molecular formula is C15H14BrNOS. The Morgan fingerprint density at radius 3 is 2.58 bits per heavy atom. The van der Waals surface area contributed by atoms with Crippen molar-refractivity contribution < 1.29 is 4.79 Å². The highest BCUT2D eigenvalue weighted by molar-refractivity contribution is 9.10. The first-order valence-corrected chi connectivity index (χ1v) is 8.05. The Hall–Kier alpha value is -1.13. The molecule has 0 spiro atoms. The number of hydrogen-bond acceptors (Lipinski definition) is 2. The third-order valence-corrected chi connectivity index (χ3v) is 4.53. The van der Waals surface area contributed by atoms with Crippen molar-refractivity contribution >= 4 is 33.2 Å². The van der Waals surface area contributed by atoms with Crippen LogP contribution in [-0.2, 0) is 6.54 Å². The van der Waals surface area contributed by atoms with E-state index in [2.05, 4.69) is 32.8 Å². The summed E-state index contributed by atoms with van der Waals surface area (Å²) >= 11 is 5.08. The van der Waals surface area contributed by atoms with Gasteiger partial charge >= 0.3 is 0 Å². The van der Waals surface area contributed by atoms with E-state index in [0.717, 1.165) is 29.4 Å². The molecule has 98 valence electrons. The van der Waals surface area contributed by atoms with Crippen molar-refractivity contribution in [1.82, 2.24) is 4.90 Å². The van der Waals surface area contributed by atoms with Crippen molar-refractivity contribution in [3.05, 3.63) is 56.7 Å². The van der Waals surface area contributed by atoms with Crippen molar-refractivity contribution in [2.45, 2.75) is 25.4 Å². The number of thiophene rings is 1. The summed E-state index contributed by atoms with van der Waals surface area (Å²) in [4.78, 5) is 14.6. The predicted octanol–water partition coefficient (Wildman–Crippen LogP) is 4.32. The van der Waals surface area contributed by atoms with Gasteiger partial charge in [0.05, 0.1) is 0 Å². The fourth-order valence-corrected chi connectivity index (χ4v) is 3.01. The van der Waals surface area contributed by atoms with Gasteiger partial charge in [-0.05, 0) is 59.5 Å². The highest BCUT2D eigenvalue weighted by Gasteiger charge is 2.33. The van der Waals surface area contributed by atoms with Crippen LogP contribution in [0.3, 0.4) is 0 Å². The number of halogens is 1. The minimum absolute atomic E-state index is 0.140. The standard InChI is InChI=1S/C15H14BrNOS/c16-13-3-1-12(2-4-13)15(18)17(14-5-6-14)9-11-7-8-19-10-11/h1-4,7-8,10,14H,5-6,9H2. The maximum Gasteiger partial charge on any atom is 0.254 e. The molecule has 0 N–H and O–H groups in total. The lowest BCUT2D eigenvalue weighted by Crippen LogP contribution is -2.32. The molecule has 2 aromatic rings. The lowest BCUT2D eigenvalue weighted by molar-refractivity contribution is 0.0730. The molecule has 0 bridgehead atoms. The van der Waals surface area contributed by atoms with Gasteiger partial charge in [-0.1, -0.05) is 15.9 Å². The second kappa shape index (κ2) is 5.47. The zero-order valence-electron chi connectivity index (χ0n) is 10.4. The Morgan fingerprint density at radius 1 is 1.26 bits per heavy atom. The Kier molecular flexibility index (Phi) is 3.71. The van der Waals surface area contributed by atoms with Crippen LogP contribution < -0.4 is 0 Å². The van der Waals surface area contributed by atoms with Gasteiger partial charge in [0.1, 0.15) is 0 Å². The van der Waals surface area contributed by atoms with Crippen LogP contribution in [0.25, 0.3) is 0 Å². The molecule has 1 aromatic heterocycles. The molecule has 1 heterocycles. The zero-order chi connectivity index (χ0) is 13.2. The van der Waals surface area contributed by atoms with Crippen LogP contribution in [0.1, 0.15) is 28.8 Å². The second-order valence-electron chi connectivity index (χ2n) is 4.80. The van der Waals surface area contributed by atoms with E-state index >= 15 is 0 Å². The van der Waals surface area contributed by atoms with Crippen LogP contribution in [0.5, 0.6) is 0 Å². The van der Waals surface area contributed by atoms with Crippen LogP contribution in [0, 0.1) is 0 Å². The molecule has 0 unspecified atom stereocenters. The maximum absolute atomic E-state index is 12.6. The average molecular weight is 336 g/mol. The van der Waals surface area contributed by atoms with Gasteiger partial charge in [0.25, 0.3) is 5.91 Å². The quantitative estimate of drug-likeness (QED) is 0.814. The summed E-state index contributed by atoms with van der Waals surface area (Å²) in [5.74, 6) is 0.140. The van der Waals surface area contributed by atoms with Gasteiger partial charge in [-0.3, -0.25) is 4.79 Å². The van der Waals surface area contributed by atoms with Crippen molar-refractivity contribution in [3.8, 4) is 0 Å². The Bertz CT molecular complexity index is 560. The number of carbonyl (C=O) groups is 1. The van der Waals surface area contributed by atoms with E-state index in [0.29, 0.717) is 6.04 Å². The summed E-state index contributed by atoms with van der Waals surface area (Å²) in [6.45, 7) is 0.725. The van der Waals surface area contributed by atoms with Crippen molar-refractivity contribution in [2.24, 2.45) is 0 Å². The molecule has 4 heteroatoms. The number of amides is 1. The minimum atomic E-state index is 0.140. The molecule has 1 aliphatic rings. The summed E-state index contributed by atoms with van der Waals surface area (Å²) in [5.41, 5.74) is 1.99. The SMILES string of the molecule is O=C(c1ccc(Br)cc1)N(Cc1ccsc1)C1CC1. The van der Waals surface area contributed by atoms with E-state index < -0.39 is 0 Å². The van der Waals surface area contributed by atoms with E-state index in [4.69, 9.17) is 0 Å². The third-order valence-electron chi connectivity index (χ3n) is 3.27. The molecule has 0 aliphatic heterocycles. The first-order chi connectivity index (χ1) is 9.24. The average Bonchev–Trinajstić information content (AvgIpc) is 3.13. The van der Waals surface area contributed by atoms with Gasteiger partial charge in [-0.15, -0.1) is 0 Å². The monoisotopic (exact) mass is 335 g/mol. The summed E-state index contributed by atoms with van der Waals surface area (Å²) in [7, 11) is 0. The number of benzene rings is 1. The summed E-state index contributed by atoms with van der Waals surface area (Å²) in [6.07, 6.45) is 2.26. The normalized spacial score (nSPS) is 14.4. The first-order valence-electron chi connectivity index (χ1n) is 6.31. The Morgan fingerprint density at radius 2 is 2.00 bits per heavy atom. The molecule has 2 nitrogen and oxygen atoms in total. The molecule has 1 aliphatic carbocycles. The van der Waals surface area contributed by atoms with Gasteiger partial charge in [-0.2, -0.15) is 11.3 Å². The highest BCUT2D eigenvalue weighted by atomic mass is 79.9. The molecule has 0 saturated heterocycles. The van der Waals surface area contributed by atoms with Gasteiger partial charge in [-0.25, -0.2) is 0 Å². The van der Waals surface area contributed by atoms with E-state index in [1.807, 2.05) is 29.2 Å². The Labute approximate surface area is 125 Å². The van der Waals surface area contributed by atoms with E-state index in [9.17, 15) is 4.79 Å². The Balaban J connectivity index is 1.79. The maximum atomic E-state index is 12.6. The number of nitrogens with zero attached hydrogens (tertiary/aromatic N) is 1. The fraction of sp³-hybridized carbons (Fsp3) is 0.267. The van der Waals surface area contributed by atoms with Gasteiger partial charge in [0, 0.05) is 22.6 Å². The van der Waals surface area contributed by atoms with Crippen LogP contribution in [0.15, 0.2) is 45.6 Å². The van der Waals surface area contributed by atoms with Gasteiger partial charge in [0.15, 0.2) is 0 Å². The van der Waals surface area contributed by atoms with E-state index in [-0.39, 0.29) is 5.91 Å². The molecule has 0 atom stereocenters.